The smallest absolute Gasteiger partial charge is 0.0708 e. The van der Waals surface area contributed by atoms with Crippen molar-refractivity contribution in [3.63, 3.8) is 0 Å². The van der Waals surface area contributed by atoms with Crippen molar-refractivity contribution in [2.75, 3.05) is 0 Å². The molecule has 1 nitrogen and oxygen atoms in total. The number of aromatic nitrogens is 1. The average Bonchev–Trinajstić information content (AvgIpc) is 2.39. The zero-order valence-electron chi connectivity index (χ0n) is 9.72. The topological polar surface area (TPSA) is 12.9 Å². The molecule has 3 aromatic rings. The molecule has 0 saturated carbocycles. The predicted octanol–water partition coefficient (Wildman–Crippen LogP) is 4.21. The van der Waals surface area contributed by atoms with E-state index in [0.717, 1.165) is 5.52 Å². The Bertz CT molecular complexity index is 657. The number of nitrogens with zero attached hydrogens (tertiary/aromatic N) is 1. The molecule has 0 radical (unpaired) electrons. The minimum Gasteiger partial charge on any atom is -0.256 e. The van der Waals surface area contributed by atoms with Crippen molar-refractivity contribution < 1.29 is 0 Å². The fraction of sp³-hybridized carbons (Fsp3) is 0.0625. The highest BCUT2D eigenvalue weighted by Gasteiger charge is 2.06. The first-order valence-corrected chi connectivity index (χ1v) is 5.76. The lowest BCUT2D eigenvalue weighted by molar-refractivity contribution is 1.39. The summed E-state index contributed by atoms with van der Waals surface area (Å²) < 4.78 is 0. The number of fused-ring (bicyclic) bond motifs is 1. The molecule has 82 valence electrons. The van der Waals surface area contributed by atoms with E-state index in [4.69, 9.17) is 0 Å². The number of hydrogen-bond acceptors (Lipinski definition) is 1. The van der Waals surface area contributed by atoms with Crippen molar-refractivity contribution in [3.8, 4) is 11.1 Å². The van der Waals surface area contributed by atoms with Gasteiger partial charge in [0, 0.05) is 11.6 Å². The van der Waals surface area contributed by atoms with E-state index in [1.807, 2.05) is 18.3 Å². The van der Waals surface area contributed by atoms with Crippen LogP contribution in [0.5, 0.6) is 0 Å². The SMILES string of the molecule is Cc1ccc2ncccc2c1-c1ccccc1. The molecule has 0 amide bonds. The van der Waals surface area contributed by atoms with E-state index < -0.39 is 0 Å². The van der Waals surface area contributed by atoms with Crippen molar-refractivity contribution in [1.29, 1.82) is 0 Å². The first-order chi connectivity index (χ1) is 8.36. The molecule has 0 aliphatic carbocycles. The molecule has 0 aliphatic rings. The van der Waals surface area contributed by atoms with Gasteiger partial charge in [-0.3, -0.25) is 4.98 Å². The third-order valence-corrected chi connectivity index (χ3v) is 3.06. The highest BCUT2D eigenvalue weighted by Crippen LogP contribution is 2.30. The first-order valence-electron chi connectivity index (χ1n) is 5.76. The molecule has 2 aromatic carbocycles. The summed E-state index contributed by atoms with van der Waals surface area (Å²) in [6.45, 7) is 2.15. The number of pyridine rings is 1. The Kier molecular flexibility index (Phi) is 2.37. The Balaban J connectivity index is 2.39. The van der Waals surface area contributed by atoms with Gasteiger partial charge < -0.3 is 0 Å². The summed E-state index contributed by atoms with van der Waals surface area (Å²) in [7, 11) is 0. The maximum Gasteiger partial charge on any atom is 0.0708 e. The number of rotatable bonds is 1. The van der Waals surface area contributed by atoms with Gasteiger partial charge in [0.1, 0.15) is 0 Å². The van der Waals surface area contributed by atoms with Crippen LogP contribution in [0.15, 0.2) is 60.8 Å². The van der Waals surface area contributed by atoms with Gasteiger partial charge in [-0.1, -0.05) is 42.5 Å². The van der Waals surface area contributed by atoms with E-state index in [-0.39, 0.29) is 0 Å². The molecule has 1 heterocycles. The summed E-state index contributed by atoms with van der Waals surface area (Å²) in [6.07, 6.45) is 1.84. The fourth-order valence-electron chi connectivity index (χ4n) is 2.25. The van der Waals surface area contributed by atoms with Gasteiger partial charge in [-0.15, -0.1) is 0 Å². The molecule has 0 saturated heterocycles. The summed E-state index contributed by atoms with van der Waals surface area (Å²) in [5, 5.41) is 1.22. The molecule has 0 aliphatic heterocycles. The third kappa shape index (κ3) is 1.70. The molecule has 1 heteroatoms. The second kappa shape index (κ2) is 4.02. The van der Waals surface area contributed by atoms with Crippen LogP contribution >= 0.6 is 0 Å². The van der Waals surface area contributed by atoms with Crippen LogP contribution in [0, 0.1) is 6.92 Å². The molecule has 0 N–H and O–H groups in total. The van der Waals surface area contributed by atoms with Gasteiger partial charge in [0.2, 0.25) is 0 Å². The summed E-state index contributed by atoms with van der Waals surface area (Å²) in [6, 6.07) is 18.8. The van der Waals surface area contributed by atoms with Gasteiger partial charge in [0.05, 0.1) is 5.52 Å². The number of aryl methyl sites for hydroxylation is 1. The Morgan fingerprint density at radius 3 is 2.47 bits per heavy atom. The molecule has 0 bridgehead atoms. The van der Waals surface area contributed by atoms with Crippen LogP contribution in [0.4, 0.5) is 0 Å². The normalized spacial score (nSPS) is 10.6. The van der Waals surface area contributed by atoms with Crippen LogP contribution in [0.1, 0.15) is 5.56 Å². The summed E-state index contributed by atoms with van der Waals surface area (Å²) >= 11 is 0. The van der Waals surface area contributed by atoms with Crippen molar-refractivity contribution >= 4 is 10.9 Å². The van der Waals surface area contributed by atoms with E-state index in [1.54, 1.807) is 0 Å². The minimum atomic E-state index is 1.05. The lowest BCUT2D eigenvalue weighted by Crippen LogP contribution is -1.87. The number of hydrogen-bond donors (Lipinski definition) is 0. The summed E-state index contributed by atoms with van der Waals surface area (Å²) in [4.78, 5) is 4.41. The number of benzene rings is 2. The van der Waals surface area contributed by atoms with Gasteiger partial charge in [0.25, 0.3) is 0 Å². The van der Waals surface area contributed by atoms with Crippen molar-refractivity contribution in [3.05, 3.63) is 66.4 Å². The quantitative estimate of drug-likeness (QED) is 0.597. The summed E-state index contributed by atoms with van der Waals surface area (Å²) in [5.74, 6) is 0. The van der Waals surface area contributed by atoms with Crippen LogP contribution in [0.25, 0.3) is 22.0 Å². The lowest BCUT2D eigenvalue weighted by Gasteiger charge is -2.09. The molecule has 0 unspecified atom stereocenters. The van der Waals surface area contributed by atoms with E-state index in [9.17, 15) is 0 Å². The molecule has 0 fully saturated rings. The van der Waals surface area contributed by atoms with Crippen molar-refractivity contribution in [2.45, 2.75) is 6.92 Å². The Labute approximate surface area is 101 Å². The van der Waals surface area contributed by atoms with E-state index in [2.05, 4.69) is 54.4 Å². The Hall–Kier alpha value is -2.15. The molecule has 3 rings (SSSR count). The molecular formula is C16H13N. The highest BCUT2D eigenvalue weighted by molar-refractivity contribution is 5.96. The fourth-order valence-corrected chi connectivity index (χ4v) is 2.25. The van der Waals surface area contributed by atoms with Gasteiger partial charge >= 0.3 is 0 Å². The van der Waals surface area contributed by atoms with Crippen LogP contribution < -0.4 is 0 Å². The minimum absolute atomic E-state index is 1.05. The zero-order valence-corrected chi connectivity index (χ0v) is 9.72. The maximum atomic E-state index is 4.41. The largest absolute Gasteiger partial charge is 0.256 e. The molecule has 17 heavy (non-hydrogen) atoms. The van der Waals surface area contributed by atoms with Gasteiger partial charge in [-0.2, -0.15) is 0 Å². The van der Waals surface area contributed by atoms with Gasteiger partial charge in [-0.25, -0.2) is 0 Å². The lowest BCUT2D eigenvalue weighted by atomic mass is 9.96. The molecule has 0 atom stereocenters. The molecule has 1 aromatic heterocycles. The molecular weight excluding hydrogens is 206 g/mol. The van der Waals surface area contributed by atoms with E-state index >= 15 is 0 Å². The van der Waals surface area contributed by atoms with Crippen LogP contribution in [0.3, 0.4) is 0 Å². The second-order valence-electron chi connectivity index (χ2n) is 4.19. The van der Waals surface area contributed by atoms with Crippen LogP contribution in [0.2, 0.25) is 0 Å². The van der Waals surface area contributed by atoms with E-state index in [1.165, 1.54) is 22.1 Å². The van der Waals surface area contributed by atoms with Crippen molar-refractivity contribution in [2.24, 2.45) is 0 Å². The Morgan fingerprint density at radius 2 is 1.65 bits per heavy atom. The standard InChI is InChI=1S/C16H13N/c1-12-9-10-15-14(8-5-11-17-15)16(12)13-6-3-2-4-7-13/h2-11H,1H3. The van der Waals surface area contributed by atoms with Crippen LogP contribution in [-0.2, 0) is 0 Å². The molecule has 0 spiro atoms. The average molecular weight is 219 g/mol. The van der Waals surface area contributed by atoms with Crippen molar-refractivity contribution in [1.82, 2.24) is 4.98 Å². The zero-order chi connectivity index (χ0) is 11.7. The second-order valence-corrected chi connectivity index (χ2v) is 4.19. The van der Waals surface area contributed by atoms with Crippen LogP contribution in [-0.4, -0.2) is 4.98 Å². The first kappa shape index (κ1) is 10.0. The monoisotopic (exact) mass is 219 g/mol. The maximum absolute atomic E-state index is 4.41. The predicted molar refractivity (Wildman–Crippen MR) is 71.9 cm³/mol. The van der Waals surface area contributed by atoms with E-state index in [0.29, 0.717) is 0 Å². The van der Waals surface area contributed by atoms with Gasteiger partial charge in [-0.05, 0) is 35.7 Å². The summed E-state index contributed by atoms with van der Waals surface area (Å²) in [5.41, 5.74) is 4.88. The third-order valence-electron chi connectivity index (χ3n) is 3.06. The van der Waals surface area contributed by atoms with Gasteiger partial charge in [0.15, 0.2) is 0 Å². The highest BCUT2D eigenvalue weighted by atomic mass is 14.6. The Morgan fingerprint density at radius 1 is 0.824 bits per heavy atom.